The summed E-state index contributed by atoms with van der Waals surface area (Å²) in [6.07, 6.45) is 4.55. The number of hydrogen-bond acceptors (Lipinski definition) is 5. The molecule has 0 saturated heterocycles. The predicted molar refractivity (Wildman–Crippen MR) is 105 cm³/mol. The lowest BCUT2D eigenvalue weighted by molar-refractivity contribution is -0.210. The number of phenolic OH excluding ortho intramolecular Hbond substituents is 1. The van der Waals surface area contributed by atoms with E-state index in [1.165, 1.54) is 6.07 Å². The van der Waals surface area contributed by atoms with Crippen LogP contribution in [0.2, 0.25) is 0 Å². The van der Waals surface area contributed by atoms with Crippen molar-refractivity contribution < 1.29 is 24.9 Å². The van der Waals surface area contributed by atoms with Gasteiger partial charge in [-0.15, -0.1) is 0 Å². The summed E-state index contributed by atoms with van der Waals surface area (Å²) in [5.74, 6) is 1.07. The second kappa shape index (κ2) is 6.20. The van der Waals surface area contributed by atoms with Gasteiger partial charge in [0.05, 0.1) is 18.3 Å². The third kappa shape index (κ3) is 2.29. The molecule has 4 rings (SSSR count). The molecular weight excluding hydrogens is 356 g/mol. The Morgan fingerprint density at radius 1 is 1.25 bits per heavy atom. The first-order valence-electron chi connectivity index (χ1n) is 10.4. The van der Waals surface area contributed by atoms with E-state index >= 15 is 0 Å². The summed E-state index contributed by atoms with van der Waals surface area (Å²) in [6, 6.07) is 1.49. The van der Waals surface area contributed by atoms with E-state index in [-0.39, 0.29) is 41.1 Å². The molecule has 0 bridgehead atoms. The van der Waals surface area contributed by atoms with Crippen LogP contribution in [0.25, 0.3) is 0 Å². The van der Waals surface area contributed by atoms with Crippen LogP contribution in [-0.2, 0) is 13.0 Å². The van der Waals surface area contributed by atoms with Gasteiger partial charge in [0.25, 0.3) is 0 Å². The zero-order chi connectivity index (χ0) is 20.5. The van der Waals surface area contributed by atoms with Crippen LogP contribution in [0.3, 0.4) is 0 Å². The van der Waals surface area contributed by atoms with Crippen molar-refractivity contribution in [3.8, 4) is 11.5 Å². The number of hydrogen-bond donors (Lipinski definition) is 3. The zero-order valence-electron chi connectivity index (χ0n) is 17.3. The highest BCUT2D eigenvalue weighted by Crippen LogP contribution is 2.66. The van der Waals surface area contributed by atoms with Crippen LogP contribution in [0.15, 0.2) is 6.07 Å². The van der Waals surface area contributed by atoms with Crippen molar-refractivity contribution in [2.24, 2.45) is 22.7 Å². The van der Waals surface area contributed by atoms with Gasteiger partial charge in [0, 0.05) is 17.4 Å². The highest BCUT2D eigenvalue weighted by molar-refractivity contribution is 5.84. The van der Waals surface area contributed by atoms with Crippen molar-refractivity contribution in [1.82, 2.24) is 0 Å². The maximum absolute atomic E-state index is 11.8. The van der Waals surface area contributed by atoms with Gasteiger partial charge in [0.15, 0.2) is 6.29 Å². The molecule has 1 aromatic rings. The van der Waals surface area contributed by atoms with Crippen LogP contribution < -0.4 is 4.74 Å². The van der Waals surface area contributed by atoms with Crippen LogP contribution in [0.1, 0.15) is 74.9 Å². The van der Waals surface area contributed by atoms with Gasteiger partial charge >= 0.3 is 0 Å². The van der Waals surface area contributed by atoms with Gasteiger partial charge in [-0.2, -0.15) is 0 Å². The molecule has 154 valence electrons. The topological polar surface area (TPSA) is 87.0 Å². The number of aromatic hydroxyl groups is 1. The Labute approximate surface area is 166 Å². The molecule has 3 N–H and O–H groups in total. The van der Waals surface area contributed by atoms with Gasteiger partial charge in [-0.05, 0) is 54.6 Å². The Morgan fingerprint density at radius 3 is 2.61 bits per heavy atom. The highest BCUT2D eigenvalue weighted by Gasteiger charge is 2.67. The third-order valence-corrected chi connectivity index (χ3v) is 8.61. The lowest BCUT2D eigenvalue weighted by Gasteiger charge is -2.64. The Bertz CT molecular complexity index is 816. The van der Waals surface area contributed by atoms with E-state index in [1.807, 2.05) is 0 Å². The van der Waals surface area contributed by atoms with E-state index < -0.39 is 5.60 Å². The van der Waals surface area contributed by atoms with Crippen LogP contribution in [-0.4, -0.2) is 33.3 Å². The van der Waals surface area contributed by atoms with Crippen LogP contribution >= 0.6 is 0 Å². The standard InChI is InChI=1S/C23H32O5/c1-13-5-6-18-21(2,3)19(27)7-8-22(18,4)23(13)10-15-17(26)9-14(11-24)16(12-25)20(15)28-23/h9,12-13,18-19,24,26-27H,5-8,10-11H2,1-4H3/t13-,18+,19-,22+,23-/m1/s1. The highest BCUT2D eigenvalue weighted by atomic mass is 16.5. The molecule has 0 unspecified atom stereocenters. The molecule has 0 radical (unpaired) electrons. The van der Waals surface area contributed by atoms with Crippen molar-refractivity contribution in [3.05, 3.63) is 22.8 Å². The summed E-state index contributed by atoms with van der Waals surface area (Å²) in [5, 5.41) is 31.0. The van der Waals surface area contributed by atoms with Crippen molar-refractivity contribution in [2.45, 2.75) is 78.1 Å². The van der Waals surface area contributed by atoms with Crippen LogP contribution in [0.5, 0.6) is 11.5 Å². The van der Waals surface area contributed by atoms with E-state index in [2.05, 4.69) is 27.7 Å². The van der Waals surface area contributed by atoms with Crippen molar-refractivity contribution in [2.75, 3.05) is 0 Å². The molecule has 5 nitrogen and oxygen atoms in total. The largest absolute Gasteiger partial charge is 0.508 e. The average molecular weight is 389 g/mol. The lowest BCUT2D eigenvalue weighted by atomic mass is 9.43. The summed E-state index contributed by atoms with van der Waals surface area (Å²) in [4.78, 5) is 11.8. The SMILES string of the molecule is C[C@@H]1CC[C@H]2C(C)(C)[C@H](O)CC[C@]2(C)[C@@]12Cc1c(O)cc(CO)c(C=O)c1O2. The number of ether oxygens (including phenoxy) is 1. The first-order valence-corrected chi connectivity index (χ1v) is 10.4. The Morgan fingerprint density at radius 2 is 1.96 bits per heavy atom. The first kappa shape index (κ1) is 19.7. The third-order valence-electron chi connectivity index (χ3n) is 8.61. The number of carbonyl (C=O) groups is 1. The number of aldehydes is 1. The maximum Gasteiger partial charge on any atom is 0.154 e. The number of fused-ring (bicyclic) bond motifs is 3. The summed E-state index contributed by atoms with van der Waals surface area (Å²) >= 11 is 0. The van der Waals surface area contributed by atoms with Gasteiger partial charge in [0.2, 0.25) is 0 Å². The lowest BCUT2D eigenvalue weighted by Crippen LogP contribution is -2.66. The fraction of sp³-hybridized carbons (Fsp3) is 0.696. The van der Waals surface area contributed by atoms with Crippen molar-refractivity contribution in [1.29, 1.82) is 0 Å². The van der Waals surface area contributed by atoms with Gasteiger partial charge in [-0.1, -0.05) is 27.7 Å². The first-order chi connectivity index (χ1) is 13.1. The summed E-state index contributed by atoms with van der Waals surface area (Å²) < 4.78 is 6.71. The molecule has 2 fully saturated rings. The molecule has 0 amide bonds. The molecule has 2 aliphatic carbocycles. The van der Waals surface area contributed by atoms with E-state index in [1.54, 1.807) is 0 Å². The second-order valence-corrected chi connectivity index (χ2v) is 10.0. The fourth-order valence-electron chi connectivity index (χ4n) is 6.82. The second-order valence-electron chi connectivity index (χ2n) is 10.0. The fourth-order valence-corrected chi connectivity index (χ4v) is 6.82. The molecule has 0 aromatic heterocycles. The number of benzene rings is 1. The predicted octanol–water partition coefficient (Wildman–Crippen LogP) is 3.60. The molecule has 5 heteroatoms. The Kier molecular flexibility index (Phi) is 4.37. The monoisotopic (exact) mass is 388 g/mol. The minimum atomic E-state index is -0.529. The average Bonchev–Trinajstić information content (AvgIpc) is 3.06. The minimum Gasteiger partial charge on any atom is -0.508 e. The normalized spacial score (nSPS) is 38.6. The number of phenols is 1. The number of carbonyl (C=O) groups excluding carboxylic acids is 1. The van der Waals surface area contributed by atoms with E-state index in [9.17, 15) is 20.1 Å². The summed E-state index contributed by atoms with van der Waals surface area (Å²) in [5.41, 5.74) is 0.492. The molecule has 1 spiro atoms. The van der Waals surface area contributed by atoms with Gasteiger partial charge in [-0.25, -0.2) is 0 Å². The van der Waals surface area contributed by atoms with Crippen molar-refractivity contribution in [3.63, 3.8) is 0 Å². The molecule has 1 aliphatic heterocycles. The quantitative estimate of drug-likeness (QED) is 0.674. The number of aliphatic hydroxyl groups is 2. The van der Waals surface area contributed by atoms with Crippen LogP contribution in [0.4, 0.5) is 0 Å². The van der Waals surface area contributed by atoms with E-state index in [0.717, 1.165) is 32.0 Å². The Hall–Kier alpha value is -1.59. The molecule has 5 atom stereocenters. The van der Waals surface area contributed by atoms with E-state index in [4.69, 9.17) is 4.74 Å². The summed E-state index contributed by atoms with van der Waals surface area (Å²) in [6.45, 7) is 8.47. The van der Waals surface area contributed by atoms with Gasteiger partial charge < -0.3 is 20.1 Å². The molecular formula is C23H32O5. The number of rotatable bonds is 2. The molecule has 28 heavy (non-hydrogen) atoms. The molecule has 1 heterocycles. The van der Waals surface area contributed by atoms with Gasteiger partial charge in [0.1, 0.15) is 17.1 Å². The molecule has 3 aliphatic rings. The maximum atomic E-state index is 11.8. The van der Waals surface area contributed by atoms with Crippen molar-refractivity contribution >= 4 is 6.29 Å². The minimum absolute atomic E-state index is 0.0922. The van der Waals surface area contributed by atoms with Gasteiger partial charge in [-0.3, -0.25) is 4.79 Å². The smallest absolute Gasteiger partial charge is 0.154 e. The van der Waals surface area contributed by atoms with Crippen LogP contribution in [0, 0.1) is 22.7 Å². The zero-order valence-corrected chi connectivity index (χ0v) is 17.3. The molecule has 1 aromatic carbocycles. The summed E-state index contributed by atoms with van der Waals surface area (Å²) in [7, 11) is 0. The molecule has 2 saturated carbocycles. The Balaban J connectivity index is 1.87. The van der Waals surface area contributed by atoms with E-state index in [0.29, 0.717) is 28.9 Å². The number of aliphatic hydroxyl groups excluding tert-OH is 2.